The van der Waals surface area contributed by atoms with Crippen molar-refractivity contribution in [1.29, 1.82) is 0 Å². The first-order chi connectivity index (χ1) is 12.4. The number of carbonyl (C=O) groups is 2. The van der Waals surface area contributed by atoms with Crippen LogP contribution in [0.1, 0.15) is 43.6 Å². The second-order valence-electron chi connectivity index (χ2n) is 6.10. The topological polar surface area (TPSA) is 87.2 Å². The first-order valence-corrected chi connectivity index (χ1v) is 8.12. The molecule has 134 valence electrons. The van der Waals surface area contributed by atoms with E-state index in [4.69, 9.17) is 9.26 Å². The van der Waals surface area contributed by atoms with Crippen molar-refractivity contribution in [3.8, 4) is 5.82 Å². The van der Waals surface area contributed by atoms with Gasteiger partial charge in [-0.15, -0.1) is 0 Å². The molecule has 0 radical (unpaired) electrons. The number of Topliss-reactive ketones (excluding diaryl/α,β-unsaturated/α-hetero) is 1. The molecule has 0 saturated heterocycles. The monoisotopic (exact) mass is 353 g/mol. The summed E-state index contributed by atoms with van der Waals surface area (Å²) in [5.41, 5.74) is 3.15. The van der Waals surface area contributed by atoms with Gasteiger partial charge in [0, 0.05) is 34.9 Å². The minimum atomic E-state index is -0.577. The Labute approximate surface area is 150 Å². The van der Waals surface area contributed by atoms with Crippen LogP contribution in [0.5, 0.6) is 0 Å². The van der Waals surface area contributed by atoms with E-state index in [1.807, 2.05) is 25.3 Å². The summed E-state index contributed by atoms with van der Waals surface area (Å²) in [6, 6.07) is 6.88. The Hall–Kier alpha value is -3.22. The van der Waals surface area contributed by atoms with Crippen molar-refractivity contribution < 1.29 is 18.8 Å². The first-order valence-electron chi connectivity index (χ1n) is 8.12. The van der Waals surface area contributed by atoms with Gasteiger partial charge in [-0.25, -0.2) is 4.79 Å². The smallest absolute Gasteiger partial charge is 0.340 e. The number of hydrogen-bond acceptors (Lipinski definition) is 6. The van der Waals surface area contributed by atoms with E-state index in [1.165, 1.54) is 6.20 Å². The Kier molecular flexibility index (Phi) is 4.71. The minimum Gasteiger partial charge on any atom is -0.454 e. The van der Waals surface area contributed by atoms with Crippen molar-refractivity contribution >= 4 is 11.8 Å². The molecule has 3 aromatic rings. The summed E-state index contributed by atoms with van der Waals surface area (Å²) < 4.78 is 12.1. The maximum atomic E-state index is 12.5. The van der Waals surface area contributed by atoms with Crippen LogP contribution in [0.4, 0.5) is 0 Å². The third kappa shape index (κ3) is 3.42. The van der Waals surface area contributed by atoms with Crippen LogP contribution in [0.2, 0.25) is 0 Å². The van der Waals surface area contributed by atoms with Crippen LogP contribution in [0, 0.1) is 27.7 Å². The molecule has 3 heterocycles. The largest absolute Gasteiger partial charge is 0.454 e. The van der Waals surface area contributed by atoms with E-state index in [0.29, 0.717) is 28.4 Å². The van der Waals surface area contributed by atoms with Gasteiger partial charge in [-0.05, 0) is 45.9 Å². The molecule has 0 aromatic carbocycles. The van der Waals surface area contributed by atoms with Crippen LogP contribution in [0.3, 0.4) is 0 Å². The summed E-state index contributed by atoms with van der Waals surface area (Å²) in [4.78, 5) is 28.6. The van der Waals surface area contributed by atoms with Crippen LogP contribution >= 0.6 is 0 Å². The highest BCUT2D eigenvalue weighted by atomic mass is 16.5. The lowest BCUT2D eigenvalue weighted by Gasteiger charge is -2.06. The molecule has 7 nitrogen and oxygen atoms in total. The van der Waals surface area contributed by atoms with Crippen molar-refractivity contribution in [1.82, 2.24) is 14.7 Å². The van der Waals surface area contributed by atoms with E-state index in [0.717, 1.165) is 11.4 Å². The zero-order valence-electron chi connectivity index (χ0n) is 15.1. The van der Waals surface area contributed by atoms with Crippen molar-refractivity contribution in [2.24, 2.45) is 0 Å². The van der Waals surface area contributed by atoms with E-state index in [-0.39, 0.29) is 12.4 Å². The van der Waals surface area contributed by atoms with Crippen LogP contribution in [-0.2, 0) is 4.74 Å². The Morgan fingerprint density at radius 1 is 1.15 bits per heavy atom. The van der Waals surface area contributed by atoms with E-state index < -0.39 is 5.97 Å². The fraction of sp³-hybridized carbons (Fsp3) is 0.263. The standard InChI is InChI=1S/C19H19N3O4/c1-11-5-6-15(9-20-11)19(24)25-10-17(23)16-7-12(2)22(14(16)4)18-8-13(3)26-21-18/h5-9H,10H2,1-4H3. The average molecular weight is 353 g/mol. The van der Waals surface area contributed by atoms with Gasteiger partial charge in [-0.1, -0.05) is 5.16 Å². The average Bonchev–Trinajstić information content (AvgIpc) is 3.15. The molecule has 3 aromatic heterocycles. The number of pyridine rings is 1. The van der Waals surface area contributed by atoms with Crippen molar-refractivity contribution in [2.75, 3.05) is 6.61 Å². The van der Waals surface area contributed by atoms with Gasteiger partial charge in [0.2, 0.25) is 5.78 Å². The summed E-state index contributed by atoms with van der Waals surface area (Å²) in [5.74, 6) is 0.435. The number of esters is 1. The molecule has 0 unspecified atom stereocenters. The van der Waals surface area contributed by atoms with E-state index >= 15 is 0 Å². The molecule has 0 atom stereocenters. The van der Waals surface area contributed by atoms with Crippen molar-refractivity contribution in [3.63, 3.8) is 0 Å². The SMILES string of the molecule is Cc1ccc(C(=O)OCC(=O)c2cc(C)n(-c3cc(C)on3)c2C)cn1. The molecule has 0 spiro atoms. The first kappa shape index (κ1) is 17.6. The van der Waals surface area contributed by atoms with Gasteiger partial charge in [-0.3, -0.25) is 14.3 Å². The summed E-state index contributed by atoms with van der Waals surface area (Å²) in [6.07, 6.45) is 1.43. The number of aryl methyl sites for hydroxylation is 3. The molecular formula is C19H19N3O4. The number of aromatic nitrogens is 3. The lowest BCUT2D eigenvalue weighted by atomic mass is 10.1. The fourth-order valence-corrected chi connectivity index (χ4v) is 2.74. The summed E-state index contributed by atoms with van der Waals surface area (Å²) in [6.45, 7) is 6.98. The number of carbonyl (C=O) groups excluding carboxylic acids is 2. The Bertz CT molecular complexity index is 967. The van der Waals surface area contributed by atoms with Crippen LogP contribution in [0.15, 0.2) is 35.0 Å². The third-order valence-corrected chi connectivity index (χ3v) is 4.06. The summed E-state index contributed by atoms with van der Waals surface area (Å²) >= 11 is 0. The second kappa shape index (κ2) is 6.95. The normalized spacial score (nSPS) is 10.8. The van der Waals surface area contributed by atoms with Crippen LogP contribution in [-0.4, -0.2) is 33.1 Å². The van der Waals surface area contributed by atoms with Crippen LogP contribution < -0.4 is 0 Å². The third-order valence-electron chi connectivity index (χ3n) is 4.06. The minimum absolute atomic E-state index is 0.280. The predicted octanol–water partition coefficient (Wildman–Crippen LogP) is 3.13. The molecule has 0 bridgehead atoms. The molecular weight excluding hydrogens is 334 g/mol. The molecule has 0 aliphatic carbocycles. The van der Waals surface area contributed by atoms with Crippen molar-refractivity contribution in [3.05, 3.63) is 64.4 Å². The van der Waals surface area contributed by atoms with E-state index in [9.17, 15) is 9.59 Å². The molecule has 0 N–H and O–H groups in total. The fourth-order valence-electron chi connectivity index (χ4n) is 2.74. The van der Waals surface area contributed by atoms with Gasteiger partial charge < -0.3 is 9.26 Å². The molecule has 0 aliphatic rings. The lowest BCUT2D eigenvalue weighted by Crippen LogP contribution is -2.15. The van der Waals surface area contributed by atoms with Gasteiger partial charge in [0.25, 0.3) is 0 Å². The highest BCUT2D eigenvalue weighted by Crippen LogP contribution is 2.21. The number of nitrogens with zero attached hydrogens (tertiary/aromatic N) is 3. The summed E-state index contributed by atoms with van der Waals surface area (Å²) in [5, 5.41) is 3.99. The number of hydrogen-bond donors (Lipinski definition) is 0. The van der Waals surface area contributed by atoms with Gasteiger partial charge in [0.15, 0.2) is 12.4 Å². The summed E-state index contributed by atoms with van der Waals surface area (Å²) in [7, 11) is 0. The molecule has 0 saturated carbocycles. The van der Waals surface area contributed by atoms with Gasteiger partial charge in [0.05, 0.1) is 5.56 Å². The quantitative estimate of drug-likeness (QED) is 0.517. The molecule has 0 amide bonds. The van der Waals surface area contributed by atoms with Gasteiger partial charge in [0.1, 0.15) is 5.76 Å². The number of rotatable bonds is 5. The van der Waals surface area contributed by atoms with E-state index in [1.54, 1.807) is 31.2 Å². The Morgan fingerprint density at radius 2 is 1.92 bits per heavy atom. The van der Waals surface area contributed by atoms with E-state index in [2.05, 4.69) is 10.1 Å². The number of ether oxygens (including phenoxy) is 1. The highest BCUT2D eigenvalue weighted by Gasteiger charge is 2.20. The van der Waals surface area contributed by atoms with Crippen LogP contribution in [0.25, 0.3) is 5.82 Å². The Balaban J connectivity index is 1.74. The predicted molar refractivity (Wildman–Crippen MR) is 93.6 cm³/mol. The maximum absolute atomic E-state index is 12.5. The second-order valence-corrected chi connectivity index (χ2v) is 6.10. The highest BCUT2D eigenvalue weighted by molar-refractivity contribution is 6.00. The molecule has 26 heavy (non-hydrogen) atoms. The molecule has 7 heteroatoms. The molecule has 0 fully saturated rings. The maximum Gasteiger partial charge on any atom is 0.340 e. The van der Waals surface area contributed by atoms with Gasteiger partial charge >= 0.3 is 5.97 Å². The Morgan fingerprint density at radius 3 is 2.54 bits per heavy atom. The molecule has 3 rings (SSSR count). The zero-order chi connectivity index (χ0) is 18.8. The number of ketones is 1. The zero-order valence-corrected chi connectivity index (χ0v) is 15.1. The van der Waals surface area contributed by atoms with Gasteiger partial charge in [-0.2, -0.15) is 0 Å². The molecule has 0 aliphatic heterocycles. The lowest BCUT2D eigenvalue weighted by molar-refractivity contribution is 0.0474. The van der Waals surface area contributed by atoms with Crippen molar-refractivity contribution in [2.45, 2.75) is 27.7 Å².